The van der Waals surface area contributed by atoms with Gasteiger partial charge in [0.2, 0.25) is 0 Å². The van der Waals surface area contributed by atoms with Gasteiger partial charge < -0.3 is 15.4 Å². The van der Waals surface area contributed by atoms with E-state index in [2.05, 4.69) is 26.6 Å². The van der Waals surface area contributed by atoms with Crippen LogP contribution >= 0.6 is 28.1 Å². The highest BCUT2D eigenvalue weighted by atomic mass is 79.9. The maximum absolute atomic E-state index is 12.3. The lowest BCUT2D eigenvalue weighted by Crippen LogP contribution is -2.16. The van der Waals surface area contributed by atoms with Crippen molar-refractivity contribution in [3.63, 3.8) is 0 Å². The van der Waals surface area contributed by atoms with Gasteiger partial charge in [-0.2, -0.15) is 0 Å². The van der Waals surface area contributed by atoms with Gasteiger partial charge in [-0.15, -0.1) is 0 Å². The van der Waals surface area contributed by atoms with E-state index in [1.807, 2.05) is 55.5 Å². The van der Waals surface area contributed by atoms with Gasteiger partial charge in [-0.25, -0.2) is 0 Å². The van der Waals surface area contributed by atoms with Gasteiger partial charge >= 0.3 is 0 Å². The molecular formula is C21H17BrN2O2S. The number of halogens is 1. The molecule has 0 saturated carbocycles. The molecule has 0 spiro atoms. The maximum atomic E-state index is 12.3. The zero-order valence-electron chi connectivity index (χ0n) is 14.5. The first kappa shape index (κ1) is 19.1. The van der Waals surface area contributed by atoms with Crippen LogP contribution in [0.25, 0.3) is 0 Å². The first-order chi connectivity index (χ1) is 13.0. The summed E-state index contributed by atoms with van der Waals surface area (Å²) in [5, 5.41) is 6.11. The van der Waals surface area contributed by atoms with Crippen molar-refractivity contribution in [1.29, 1.82) is 0 Å². The SMILES string of the molecule is Cc1cccc(NC(=O)c2ccc(OC(=S)Nc3ccc(Br)cc3)cc2)c1. The van der Waals surface area contributed by atoms with E-state index in [0.717, 1.165) is 21.4 Å². The molecule has 0 aliphatic heterocycles. The number of aryl methyl sites for hydroxylation is 1. The molecule has 0 saturated heterocycles. The average Bonchev–Trinajstić information content (AvgIpc) is 2.64. The number of carbonyl (C=O) groups excluding carboxylic acids is 1. The number of hydrogen-bond acceptors (Lipinski definition) is 3. The van der Waals surface area contributed by atoms with Crippen molar-refractivity contribution in [2.75, 3.05) is 10.6 Å². The molecular weight excluding hydrogens is 424 g/mol. The van der Waals surface area contributed by atoms with Crippen LogP contribution in [0.15, 0.2) is 77.3 Å². The molecule has 6 heteroatoms. The van der Waals surface area contributed by atoms with Crippen molar-refractivity contribution in [3.05, 3.63) is 88.4 Å². The Hall–Kier alpha value is -2.70. The number of rotatable bonds is 4. The summed E-state index contributed by atoms with van der Waals surface area (Å²) < 4.78 is 6.58. The molecule has 4 nitrogen and oxygen atoms in total. The Morgan fingerprint density at radius 2 is 1.63 bits per heavy atom. The topological polar surface area (TPSA) is 50.4 Å². The van der Waals surface area contributed by atoms with Crippen LogP contribution in [0.2, 0.25) is 0 Å². The van der Waals surface area contributed by atoms with Gasteiger partial charge in [0, 0.05) is 21.4 Å². The quantitative estimate of drug-likeness (QED) is 0.504. The molecule has 27 heavy (non-hydrogen) atoms. The number of benzene rings is 3. The lowest BCUT2D eigenvalue weighted by Gasteiger charge is -2.10. The minimum Gasteiger partial charge on any atom is -0.432 e. The highest BCUT2D eigenvalue weighted by Gasteiger charge is 2.07. The third kappa shape index (κ3) is 5.64. The van der Waals surface area contributed by atoms with Crippen molar-refractivity contribution in [2.45, 2.75) is 6.92 Å². The van der Waals surface area contributed by atoms with Crippen LogP contribution < -0.4 is 15.4 Å². The van der Waals surface area contributed by atoms with Crippen molar-refractivity contribution in [1.82, 2.24) is 0 Å². The second-order valence-corrected chi connectivity index (χ2v) is 7.16. The van der Waals surface area contributed by atoms with Crippen molar-refractivity contribution < 1.29 is 9.53 Å². The summed E-state index contributed by atoms with van der Waals surface area (Å²) in [6, 6.07) is 22.1. The van der Waals surface area contributed by atoms with Gasteiger partial charge in [-0.1, -0.05) is 28.1 Å². The van der Waals surface area contributed by atoms with Crippen LogP contribution in [0.4, 0.5) is 11.4 Å². The molecule has 0 aliphatic rings. The zero-order chi connectivity index (χ0) is 19.2. The number of hydrogen-bond donors (Lipinski definition) is 2. The van der Waals surface area contributed by atoms with E-state index in [0.29, 0.717) is 11.3 Å². The van der Waals surface area contributed by atoms with E-state index in [1.54, 1.807) is 24.3 Å². The molecule has 0 aromatic heterocycles. The summed E-state index contributed by atoms with van der Waals surface area (Å²) in [6.07, 6.45) is 0. The van der Waals surface area contributed by atoms with Crippen molar-refractivity contribution in [2.24, 2.45) is 0 Å². The summed E-state index contributed by atoms with van der Waals surface area (Å²) in [5.41, 5.74) is 3.22. The fourth-order valence-electron chi connectivity index (χ4n) is 2.38. The molecule has 136 valence electrons. The van der Waals surface area contributed by atoms with Gasteiger partial charge in [0.15, 0.2) is 0 Å². The molecule has 3 aromatic rings. The minimum absolute atomic E-state index is 0.178. The standard InChI is InChI=1S/C21H17BrN2O2S/c1-14-3-2-4-18(13-14)23-20(25)15-5-11-19(12-6-15)26-21(27)24-17-9-7-16(22)8-10-17/h2-13H,1H3,(H,23,25)(H,24,27). The molecule has 0 radical (unpaired) electrons. The second-order valence-electron chi connectivity index (χ2n) is 5.87. The van der Waals surface area contributed by atoms with Gasteiger partial charge in [-0.05, 0) is 85.4 Å². The Bertz CT molecular complexity index is 957. The molecule has 0 heterocycles. The first-order valence-corrected chi connectivity index (χ1v) is 9.42. The van der Waals surface area contributed by atoms with E-state index in [9.17, 15) is 4.79 Å². The predicted molar refractivity (Wildman–Crippen MR) is 117 cm³/mol. The monoisotopic (exact) mass is 440 g/mol. The third-order valence-corrected chi connectivity index (χ3v) is 4.41. The molecule has 1 amide bonds. The number of carbonyl (C=O) groups is 1. The molecule has 0 fully saturated rings. The van der Waals surface area contributed by atoms with Gasteiger partial charge in [0.05, 0.1) is 0 Å². The maximum Gasteiger partial charge on any atom is 0.266 e. The normalized spacial score (nSPS) is 10.1. The number of ether oxygens (including phenoxy) is 1. The summed E-state index contributed by atoms with van der Waals surface area (Å²) in [6.45, 7) is 1.98. The Morgan fingerprint density at radius 3 is 2.30 bits per heavy atom. The summed E-state index contributed by atoms with van der Waals surface area (Å²) in [4.78, 5) is 12.3. The molecule has 0 unspecified atom stereocenters. The predicted octanol–water partition coefficient (Wildman–Crippen LogP) is 5.79. The number of nitrogens with one attached hydrogen (secondary N) is 2. The van der Waals surface area contributed by atoms with Crippen LogP contribution in [0.3, 0.4) is 0 Å². The molecule has 2 N–H and O–H groups in total. The molecule has 3 rings (SSSR count). The smallest absolute Gasteiger partial charge is 0.266 e. The summed E-state index contributed by atoms with van der Waals surface area (Å²) >= 11 is 8.59. The van der Waals surface area contributed by atoms with Crippen LogP contribution in [-0.4, -0.2) is 11.1 Å². The van der Waals surface area contributed by atoms with Gasteiger partial charge in [-0.3, -0.25) is 4.79 Å². The second kappa shape index (κ2) is 8.79. The average molecular weight is 441 g/mol. The number of anilines is 2. The minimum atomic E-state index is -0.178. The third-order valence-electron chi connectivity index (χ3n) is 3.69. The van der Waals surface area contributed by atoms with Crippen LogP contribution in [-0.2, 0) is 0 Å². The zero-order valence-corrected chi connectivity index (χ0v) is 16.9. The van der Waals surface area contributed by atoms with E-state index in [-0.39, 0.29) is 11.1 Å². The summed E-state index contributed by atoms with van der Waals surface area (Å²) in [5.74, 6) is 0.374. The van der Waals surface area contributed by atoms with Crippen LogP contribution in [0.1, 0.15) is 15.9 Å². The fraction of sp³-hybridized carbons (Fsp3) is 0.0476. The Balaban J connectivity index is 1.58. The van der Waals surface area contributed by atoms with E-state index < -0.39 is 0 Å². The number of amides is 1. The van der Waals surface area contributed by atoms with Gasteiger partial charge in [0.25, 0.3) is 11.1 Å². The Labute approximate surface area is 171 Å². The van der Waals surface area contributed by atoms with Crippen molar-refractivity contribution in [3.8, 4) is 5.75 Å². The largest absolute Gasteiger partial charge is 0.432 e. The number of thiocarbonyl (C=S) groups is 1. The summed E-state index contributed by atoms with van der Waals surface area (Å²) in [7, 11) is 0. The molecule has 0 bridgehead atoms. The first-order valence-electron chi connectivity index (χ1n) is 8.22. The van der Waals surface area contributed by atoms with E-state index >= 15 is 0 Å². The van der Waals surface area contributed by atoms with Crippen LogP contribution in [0, 0.1) is 6.92 Å². The lowest BCUT2D eigenvalue weighted by atomic mass is 10.2. The van der Waals surface area contributed by atoms with Crippen molar-refractivity contribution >= 4 is 50.6 Å². The van der Waals surface area contributed by atoms with Crippen LogP contribution in [0.5, 0.6) is 5.75 Å². The molecule has 0 aliphatic carbocycles. The lowest BCUT2D eigenvalue weighted by molar-refractivity contribution is 0.102. The Morgan fingerprint density at radius 1 is 0.926 bits per heavy atom. The fourth-order valence-corrected chi connectivity index (χ4v) is 2.86. The highest BCUT2D eigenvalue weighted by Crippen LogP contribution is 2.17. The van der Waals surface area contributed by atoms with Gasteiger partial charge in [0.1, 0.15) is 5.75 Å². The highest BCUT2D eigenvalue weighted by molar-refractivity contribution is 9.10. The van der Waals surface area contributed by atoms with E-state index in [1.165, 1.54) is 0 Å². The van der Waals surface area contributed by atoms with E-state index in [4.69, 9.17) is 17.0 Å². The Kier molecular flexibility index (Phi) is 6.21. The molecule has 3 aromatic carbocycles. The molecule has 0 atom stereocenters.